The Balaban J connectivity index is 1.64. The molecule has 1 unspecified atom stereocenters. The van der Waals surface area contributed by atoms with Crippen molar-refractivity contribution in [3.8, 4) is 17.6 Å². The first kappa shape index (κ1) is 21.7. The van der Waals surface area contributed by atoms with Gasteiger partial charge in [0.2, 0.25) is 0 Å². The molecule has 5 nitrogen and oxygen atoms in total. The SMILES string of the molecule is COc1ccc(COCC#CC[C@@H](O)C(C)(C)COC2CCCCO2)cc1. The Bertz CT molecular complexity index is 593. The lowest BCUT2D eigenvalue weighted by Crippen LogP contribution is -2.36. The lowest BCUT2D eigenvalue weighted by molar-refractivity contribution is -0.184. The predicted molar refractivity (Wildman–Crippen MR) is 104 cm³/mol. The standard InChI is InChI=1S/C22H32O5/c1-22(2,17-27-21-9-5-7-15-26-21)20(23)8-4-6-14-25-16-18-10-12-19(24-3)13-11-18/h10-13,20-21,23H,5,7-9,14-17H2,1-3H3/t20-,21?/m1/s1. The molecule has 0 aliphatic carbocycles. The number of ether oxygens (including phenoxy) is 4. The topological polar surface area (TPSA) is 57.2 Å². The second kappa shape index (κ2) is 11.3. The Morgan fingerprint density at radius 2 is 2.00 bits per heavy atom. The van der Waals surface area contributed by atoms with Gasteiger partial charge in [-0.1, -0.05) is 37.8 Å². The van der Waals surface area contributed by atoms with Gasteiger partial charge in [-0.25, -0.2) is 0 Å². The molecule has 2 rings (SSSR count). The smallest absolute Gasteiger partial charge is 0.157 e. The van der Waals surface area contributed by atoms with E-state index in [0.29, 0.717) is 26.2 Å². The summed E-state index contributed by atoms with van der Waals surface area (Å²) in [4.78, 5) is 0. The van der Waals surface area contributed by atoms with E-state index in [1.165, 1.54) is 0 Å². The summed E-state index contributed by atoms with van der Waals surface area (Å²) in [5.74, 6) is 6.79. The van der Waals surface area contributed by atoms with Gasteiger partial charge in [0.25, 0.3) is 0 Å². The minimum Gasteiger partial charge on any atom is -0.497 e. The van der Waals surface area contributed by atoms with Crippen LogP contribution >= 0.6 is 0 Å². The molecular weight excluding hydrogens is 344 g/mol. The second-order valence-corrected chi connectivity index (χ2v) is 7.51. The highest BCUT2D eigenvalue weighted by molar-refractivity contribution is 5.26. The molecule has 0 amide bonds. The molecule has 5 heteroatoms. The maximum atomic E-state index is 10.4. The maximum absolute atomic E-state index is 10.4. The average Bonchev–Trinajstić information content (AvgIpc) is 2.70. The fourth-order valence-corrected chi connectivity index (χ4v) is 2.68. The van der Waals surface area contributed by atoms with E-state index < -0.39 is 6.10 Å². The van der Waals surface area contributed by atoms with Gasteiger partial charge in [0.15, 0.2) is 6.29 Å². The summed E-state index contributed by atoms with van der Waals surface area (Å²) in [6, 6.07) is 7.75. The number of hydrogen-bond donors (Lipinski definition) is 1. The zero-order chi connectivity index (χ0) is 19.5. The van der Waals surface area contributed by atoms with Crippen molar-refractivity contribution < 1.29 is 24.1 Å². The van der Waals surface area contributed by atoms with Crippen molar-refractivity contribution in [2.45, 2.75) is 58.5 Å². The Labute approximate surface area is 163 Å². The van der Waals surface area contributed by atoms with E-state index in [-0.39, 0.29) is 11.7 Å². The van der Waals surface area contributed by atoms with E-state index in [1.54, 1.807) is 7.11 Å². The van der Waals surface area contributed by atoms with E-state index in [1.807, 2.05) is 38.1 Å². The van der Waals surface area contributed by atoms with Crippen molar-refractivity contribution in [1.82, 2.24) is 0 Å². The highest BCUT2D eigenvalue weighted by Crippen LogP contribution is 2.25. The molecule has 0 bridgehead atoms. The maximum Gasteiger partial charge on any atom is 0.157 e. The fraction of sp³-hybridized carbons (Fsp3) is 0.636. The Hall–Kier alpha value is -1.58. The molecule has 1 heterocycles. The van der Waals surface area contributed by atoms with Crippen molar-refractivity contribution in [3.63, 3.8) is 0 Å². The van der Waals surface area contributed by atoms with Crippen molar-refractivity contribution >= 4 is 0 Å². The van der Waals surface area contributed by atoms with Crippen LogP contribution in [-0.4, -0.2) is 44.4 Å². The van der Waals surface area contributed by atoms with E-state index in [4.69, 9.17) is 18.9 Å². The molecule has 1 fully saturated rings. The van der Waals surface area contributed by atoms with Crippen LogP contribution in [0.3, 0.4) is 0 Å². The normalized spacial score (nSPS) is 18.4. The van der Waals surface area contributed by atoms with Gasteiger partial charge in [0, 0.05) is 18.4 Å². The van der Waals surface area contributed by atoms with Crippen LogP contribution in [0.15, 0.2) is 24.3 Å². The average molecular weight is 376 g/mol. The predicted octanol–water partition coefficient (Wildman–Crippen LogP) is 3.54. The van der Waals surface area contributed by atoms with Gasteiger partial charge in [-0.3, -0.25) is 0 Å². The molecule has 1 aliphatic heterocycles. The molecular formula is C22H32O5. The summed E-state index contributed by atoms with van der Waals surface area (Å²) in [6.45, 7) is 6.03. The molecule has 1 saturated heterocycles. The Morgan fingerprint density at radius 1 is 1.22 bits per heavy atom. The molecule has 0 aromatic heterocycles. The molecule has 1 aliphatic rings. The van der Waals surface area contributed by atoms with Crippen molar-refractivity contribution in [1.29, 1.82) is 0 Å². The van der Waals surface area contributed by atoms with Crippen LogP contribution in [0.5, 0.6) is 5.75 Å². The number of methoxy groups -OCH3 is 1. The first-order chi connectivity index (χ1) is 13.0. The van der Waals surface area contributed by atoms with Gasteiger partial charge in [-0.15, -0.1) is 0 Å². The van der Waals surface area contributed by atoms with E-state index in [0.717, 1.165) is 37.2 Å². The Kier molecular flexibility index (Phi) is 9.09. The van der Waals surface area contributed by atoms with Gasteiger partial charge in [0.05, 0.1) is 26.4 Å². The number of aliphatic hydroxyl groups is 1. The lowest BCUT2D eigenvalue weighted by Gasteiger charge is -2.32. The van der Waals surface area contributed by atoms with Crippen LogP contribution in [0.2, 0.25) is 0 Å². The molecule has 150 valence electrons. The molecule has 1 N–H and O–H groups in total. The van der Waals surface area contributed by atoms with E-state index in [9.17, 15) is 5.11 Å². The zero-order valence-electron chi connectivity index (χ0n) is 16.7. The largest absolute Gasteiger partial charge is 0.497 e. The number of hydrogen-bond acceptors (Lipinski definition) is 5. The first-order valence-corrected chi connectivity index (χ1v) is 9.59. The minimum absolute atomic E-state index is 0.136. The van der Waals surface area contributed by atoms with E-state index >= 15 is 0 Å². The summed E-state index contributed by atoms with van der Waals surface area (Å²) < 4.78 is 22.1. The minimum atomic E-state index is -0.560. The first-order valence-electron chi connectivity index (χ1n) is 9.59. The third-order valence-electron chi connectivity index (χ3n) is 4.70. The molecule has 1 aromatic carbocycles. The van der Waals surface area contributed by atoms with Gasteiger partial charge >= 0.3 is 0 Å². The summed E-state index contributed by atoms with van der Waals surface area (Å²) in [5.41, 5.74) is 0.695. The van der Waals surface area contributed by atoms with Crippen LogP contribution in [0.25, 0.3) is 0 Å². The highest BCUT2D eigenvalue weighted by atomic mass is 16.7. The van der Waals surface area contributed by atoms with Crippen LogP contribution in [0.1, 0.15) is 45.1 Å². The van der Waals surface area contributed by atoms with Gasteiger partial charge < -0.3 is 24.1 Å². The van der Waals surface area contributed by atoms with Crippen LogP contribution in [-0.2, 0) is 20.8 Å². The summed E-state index contributed by atoms with van der Waals surface area (Å²) in [6.07, 6.45) is 2.86. The third kappa shape index (κ3) is 7.90. The van der Waals surface area contributed by atoms with Crippen molar-refractivity contribution in [2.75, 3.05) is 26.9 Å². The monoisotopic (exact) mass is 376 g/mol. The summed E-state index contributed by atoms with van der Waals surface area (Å²) in [5, 5.41) is 10.4. The van der Waals surface area contributed by atoms with Crippen molar-refractivity contribution in [2.24, 2.45) is 5.41 Å². The molecule has 27 heavy (non-hydrogen) atoms. The molecule has 2 atom stereocenters. The fourth-order valence-electron chi connectivity index (χ4n) is 2.68. The number of rotatable bonds is 9. The molecule has 0 spiro atoms. The van der Waals surface area contributed by atoms with E-state index in [2.05, 4.69) is 11.8 Å². The quantitative estimate of drug-likeness (QED) is 0.528. The lowest BCUT2D eigenvalue weighted by atomic mass is 9.86. The van der Waals surface area contributed by atoms with Crippen LogP contribution in [0, 0.1) is 17.3 Å². The summed E-state index contributed by atoms with van der Waals surface area (Å²) in [7, 11) is 1.65. The van der Waals surface area contributed by atoms with Gasteiger partial charge in [-0.2, -0.15) is 0 Å². The highest BCUT2D eigenvalue weighted by Gasteiger charge is 2.29. The molecule has 0 saturated carbocycles. The Morgan fingerprint density at radius 3 is 2.67 bits per heavy atom. The van der Waals surface area contributed by atoms with Crippen LogP contribution in [0.4, 0.5) is 0 Å². The van der Waals surface area contributed by atoms with Gasteiger partial charge in [0.1, 0.15) is 12.4 Å². The number of benzene rings is 1. The van der Waals surface area contributed by atoms with Gasteiger partial charge in [-0.05, 0) is 37.0 Å². The third-order valence-corrected chi connectivity index (χ3v) is 4.70. The van der Waals surface area contributed by atoms with Crippen molar-refractivity contribution in [3.05, 3.63) is 29.8 Å². The second-order valence-electron chi connectivity index (χ2n) is 7.51. The molecule has 1 aromatic rings. The number of aliphatic hydroxyl groups excluding tert-OH is 1. The summed E-state index contributed by atoms with van der Waals surface area (Å²) >= 11 is 0. The van der Waals surface area contributed by atoms with Crippen LogP contribution < -0.4 is 4.74 Å². The zero-order valence-corrected chi connectivity index (χ0v) is 16.7. The molecule has 0 radical (unpaired) electrons.